The number of aliphatic hydroxyl groups is 1. The molecule has 0 radical (unpaired) electrons. The number of hydrogen-bond acceptors (Lipinski definition) is 8. The maximum Gasteiger partial charge on any atom is 0.232 e. The summed E-state index contributed by atoms with van der Waals surface area (Å²) in [5, 5.41) is 14.0. The molecule has 0 unspecified atom stereocenters. The number of nitrogens with one attached hydrogen (secondary N) is 1. The summed E-state index contributed by atoms with van der Waals surface area (Å²) in [5.41, 5.74) is 3.73. The van der Waals surface area contributed by atoms with Gasteiger partial charge in [-0.2, -0.15) is 15.0 Å². The van der Waals surface area contributed by atoms with E-state index in [0.717, 1.165) is 70.0 Å². The van der Waals surface area contributed by atoms with Gasteiger partial charge in [0.2, 0.25) is 17.8 Å². The second-order valence-electron chi connectivity index (χ2n) is 11.2. The molecule has 3 aromatic rings. The lowest BCUT2D eigenvalue weighted by atomic mass is 10.1. The fraction of sp³-hybridized carbons (Fsp3) is 0.343. The van der Waals surface area contributed by atoms with Gasteiger partial charge in [0, 0.05) is 57.9 Å². The molecule has 2 aromatic carbocycles. The summed E-state index contributed by atoms with van der Waals surface area (Å²) < 4.78 is 0. The van der Waals surface area contributed by atoms with Crippen LogP contribution in [0.2, 0.25) is 5.02 Å². The van der Waals surface area contributed by atoms with Crippen molar-refractivity contribution in [3.8, 4) is 0 Å². The van der Waals surface area contributed by atoms with Gasteiger partial charge in [-0.25, -0.2) is 0 Å². The Balaban J connectivity index is 1.21. The first-order chi connectivity index (χ1) is 21.5. The van der Waals surface area contributed by atoms with Gasteiger partial charge in [-0.1, -0.05) is 83.9 Å². The fourth-order valence-corrected chi connectivity index (χ4v) is 5.35. The minimum absolute atomic E-state index is 0.283. The van der Waals surface area contributed by atoms with Crippen molar-refractivity contribution in [3.05, 3.63) is 112 Å². The van der Waals surface area contributed by atoms with E-state index in [2.05, 4.69) is 68.6 Å². The van der Waals surface area contributed by atoms with Gasteiger partial charge < -0.3 is 20.2 Å². The third-order valence-corrected chi connectivity index (χ3v) is 8.09. The third kappa shape index (κ3) is 9.69. The van der Waals surface area contributed by atoms with E-state index in [0.29, 0.717) is 24.4 Å². The second kappa shape index (κ2) is 16.1. The number of piperazine rings is 1. The highest BCUT2D eigenvalue weighted by Crippen LogP contribution is 2.20. The van der Waals surface area contributed by atoms with Crippen molar-refractivity contribution in [1.29, 1.82) is 0 Å². The minimum atomic E-state index is 0.283. The Morgan fingerprint density at radius 1 is 0.955 bits per heavy atom. The zero-order valence-corrected chi connectivity index (χ0v) is 26.2. The topological polar surface area (TPSA) is 80.6 Å². The van der Waals surface area contributed by atoms with Crippen molar-refractivity contribution < 1.29 is 5.11 Å². The second-order valence-corrected chi connectivity index (χ2v) is 11.6. The van der Waals surface area contributed by atoms with E-state index in [9.17, 15) is 5.11 Å². The SMILES string of the molecule is CN(CCCc1ccc(Cl)cc1)c1nc(NCCC2=CC=C(O)C=CC2)nc(N2CCN(C/C=C/c3ccccc3)CC2)n1. The van der Waals surface area contributed by atoms with E-state index >= 15 is 0 Å². The Bertz CT molecular complexity index is 1460. The number of rotatable bonds is 13. The average Bonchev–Trinajstić information content (AvgIpc) is 3.26. The summed E-state index contributed by atoms with van der Waals surface area (Å²) in [4.78, 5) is 21.4. The van der Waals surface area contributed by atoms with Gasteiger partial charge in [0.15, 0.2) is 0 Å². The van der Waals surface area contributed by atoms with Gasteiger partial charge in [0.25, 0.3) is 0 Å². The number of anilines is 3. The number of allylic oxidation sites excluding steroid dienone is 4. The lowest BCUT2D eigenvalue weighted by molar-refractivity contribution is 0.283. The minimum Gasteiger partial charge on any atom is -0.508 e. The first-order valence-corrected chi connectivity index (χ1v) is 15.8. The fourth-order valence-electron chi connectivity index (χ4n) is 5.23. The Kier molecular flexibility index (Phi) is 11.4. The molecule has 1 aliphatic carbocycles. The summed E-state index contributed by atoms with van der Waals surface area (Å²) in [6, 6.07) is 18.5. The smallest absolute Gasteiger partial charge is 0.232 e. The number of aliphatic hydroxyl groups excluding tert-OH is 1. The molecule has 2 N–H and O–H groups in total. The summed E-state index contributed by atoms with van der Waals surface area (Å²) in [5.74, 6) is 2.26. The molecule has 5 rings (SSSR count). The van der Waals surface area contributed by atoms with Crippen LogP contribution in [-0.4, -0.2) is 77.8 Å². The number of halogens is 1. The molecule has 230 valence electrons. The van der Waals surface area contributed by atoms with Crippen LogP contribution in [0.15, 0.2) is 96.3 Å². The van der Waals surface area contributed by atoms with E-state index in [1.807, 2.05) is 37.4 Å². The quantitative estimate of drug-likeness (QED) is 0.225. The Morgan fingerprint density at radius 2 is 1.75 bits per heavy atom. The first kappa shape index (κ1) is 31.3. The van der Waals surface area contributed by atoms with Crippen LogP contribution in [0.25, 0.3) is 6.08 Å². The highest BCUT2D eigenvalue weighted by molar-refractivity contribution is 6.30. The average molecular weight is 612 g/mol. The van der Waals surface area contributed by atoms with Crippen LogP contribution in [0, 0.1) is 0 Å². The van der Waals surface area contributed by atoms with Gasteiger partial charge >= 0.3 is 0 Å². The van der Waals surface area contributed by atoms with Gasteiger partial charge in [-0.15, -0.1) is 0 Å². The van der Waals surface area contributed by atoms with Crippen molar-refractivity contribution in [2.24, 2.45) is 0 Å². The van der Waals surface area contributed by atoms with Crippen molar-refractivity contribution in [2.45, 2.75) is 25.7 Å². The highest BCUT2D eigenvalue weighted by Gasteiger charge is 2.21. The molecule has 0 spiro atoms. The molecule has 44 heavy (non-hydrogen) atoms. The van der Waals surface area contributed by atoms with Crippen molar-refractivity contribution in [3.63, 3.8) is 0 Å². The summed E-state index contributed by atoms with van der Waals surface area (Å²) in [6.45, 7) is 6.05. The van der Waals surface area contributed by atoms with E-state index in [4.69, 9.17) is 26.6 Å². The molecular weight excluding hydrogens is 570 g/mol. The van der Waals surface area contributed by atoms with Crippen LogP contribution in [0.4, 0.5) is 17.8 Å². The molecule has 2 aliphatic rings. The van der Waals surface area contributed by atoms with Gasteiger partial charge in [0.05, 0.1) is 0 Å². The molecule has 0 bridgehead atoms. The van der Waals surface area contributed by atoms with Crippen molar-refractivity contribution in [1.82, 2.24) is 19.9 Å². The predicted octanol–water partition coefficient (Wildman–Crippen LogP) is 6.56. The number of aromatic nitrogens is 3. The summed E-state index contributed by atoms with van der Waals surface area (Å²) in [7, 11) is 2.04. The zero-order valence-electron chi connectivity index (χ0n) is 25.4. The standard InChI is InChI=1S/C35H42ClN7O/c1-41(22-6-11-29-14-17-31(36)18-15-29)34-38-33(37-21-20-30-10-5-13-32(44)19-16-30)39-35(40-34)43-26-24-42(25-27-43)23-7-12-28-8-3-2-4-9-28/h2-5,7-9,12-19,44H,6,10-11,20-27H2,1H3,(H,37,38,39,40)/b12-7+. The van der Waals surface area contributed by atoms with Gasteiger partial charge in [0.1, 0.15) is 5.76 Å². The molecular formula is C35H42ClN7O. The lowest BCUT2D eigenvalue weighted by Gasteiger charge is -2.34. The predicted molar refractivity (Wildman–Crippen MR) is 183 cm³/mol. The Labute approximate surface area is 266 Å². The van der Waals surface area contributed by atoms with Crippen LogP contribution < -0.4 is 15.1 Å². The molecule has 0 atom stereocenters. The third-order valence-electron chi connectivity index (χ3n) is 7.84. The molecule has 9 heteroatoms. The number of benzene rings is 2. The van der Waals surface area contributed by atoms with Crippen LogP contribution in [-0.2, 0) is 6.42 Å². The molecule has 8 nitrogen and oxygen atoms in total. The molecule has 0 saturated carbocycles. The van der Waals surface area contributed by atoms with E-state index in [-0.39, 0.29) is 5.76 Å². The van der Waals surface area contributed by atoms with Crippen LogP contribution >= 0.6 is 11.6 Å². The van der Waals surface area contributed by atoms with E-state index < -0.39 is 0 Å². The maximum atomic E-state index is 9.76. The van der Waals surface area contributed by atoms with E-state index in [1.54, 1.807) is 12.2 Å². The molecule has 1 fully saturated rings. The first-order valence-electron chi connectivity index (χ1n) is 15.4. The zero-order chi connectivity index (χ0) is 30.6. The largest absolute Gasteiger partial charge is 0.508 e. The number of hydrogen-bond donors (Lipinski definition) is 2. The Morgan fingerprint density at radius 3 is 2.55 bits per heavy atom. The Hall–Kier alpha value is -4.14. The monoisotopic (exact) mass is 611 g/mol. The number of aryl methyl sites for hydroxylation is 1. The van der Waals surface area contributed by atoms with Gasteiger partial charge in [-0.05, 0) is 61.1 Å². The molecule has 0 amide bonds. The molecule has 1 aliphatic heterocycles. The van der Waals surface area contributed by atoms with Crippen molar-refractivity contribution >= 4 is 35.5 Å². The summed E-state index contributed by atoms with van der Waals surface area (Å²) >= 11 is 6.05. The molecule has 1 saturated heterocycles. The van der Waals surface area contributed by atoms with Gasteiger partial charge in [-0.3, -0.25) is 4.90 Å². The van der Waals surface area contributed by atoms with E-state index in [1.165, 1.54) is 16.7 Å². The maximum absolute atomic E-state index is 9.76. The normalized spacial score (nSPS) is 15.6. The summed E-state index contributed by atoms with van der Waals surface area (Å²) in [6.07, 6.45) is 15.5. The molecule has 2 heterocycles. The number of nitrogens with zero attached hydrogens (tertiary/aromatic N) is 6. The lowest BCUT2D eigenvalue weighted by Crippen LogP contribution is -2.47. The molecule has 1 aromatic heterocycles. The highest BCUT2D eigenvalue weighted by atomic mass is 35.5. The van der Waals surface area contributed by atoms with Crippen molar-refractivity contribution in [2.75, 3.05) is 68.0 Å². The van der Waals surface area contributed by atoms with Crippen LogP contribution in [0.3, 0.4) is 0 Å². The van der Waals surface area contributed by atoms with Crippen LogP contribution in [0.1, 0.15) is 30.4 Å². The van der Waals surface area contributed by atoms with Crippen LogP contribution in [0.5, 0.6) is 0 Å².